The summed E-state index contributed by atoms with van der Waals surface area (Å²) in [6, 6.07) is 16.3. The summed E-state index contributed by atoms with van der Waals surface area (Å²) in [6.07, 6.45) is 0. The number of anilines is 1. The minimum atomic E-state index is -0.429. The Kier molecular flexibility index (Phi) is 5.43. The number of nitrogens with one attached hydrogen (secondary N) is 2. The van der Waals surface area contributed by atoms with Crippen molar-refractivity contribution < 1.29 is 4.92 Å². The van der Waals surface area contributed by atoms with Gasteiger partial charge in [-0.05, 0) is 35.8 Å². The van der Waals surface area contributed by atoms with Crippen LogP contribution in [0.2, 0.25) is 0 Å². The van der Waals surface area contributed by atoms with Crippen LogP contribution in [0, 0.1) is 10.1 Å². The largest absolute Gasteiger partial charge is 0.362 e. The van der Waals surface area contributed by atoms with Crippen molar-refractivity contribution in [2.24, 2.45) is 0 Å². The molecule has 0 fully saturated rings. The van der Waals surface area contributed by atoms with Gasteiger partial charge in [-0.1, -0.05) is 37.3 Å². The van der Waals surface area contributed by atoms with Gasteiger partial charge < -0.3 is 10.6 Å². The third-order valence-corrected chi connectivity index (χ3v) is 3.52. The number of benzene rings is 2. The molecular formula is C16H17N3O2S. The maximum atomic E-state index is 10.6. The molecule has 0 aliphatic carbocycles. The lowest BCUT2D eigenvalue weighted by Gasteiger charge is -2.15. The fraction of sp³-hybridized carbons (Fsp3) is 0.188. The summed E-state index contributed by atoms with van der Waals surface area (Å²) in [4.78, 5) is 10.2. The van der Waals surface area contributed by atoms with Crippen LogP contribution in [0.4, 0.5) is 11.4 Å². The molecule has 0 amide bonds. The molecule has 1 atom stereocenters. The number of thiocarbonyl (C=S) groups is 1. The Bertz CT molecular complexity index is 644. The molecule has 2 aromatic rings. The average Bonchev–Trinajstić information content (AvgIpc) is 2.54. The highest BCUT2D eigenvalue weighted by Gasteiger charge is 2.07. The van der Waals surface area contributed by atoms with Crippen LogP contribution in [-0.2, 0) is 0 Å². The number of nitrogens with zero attached hydrogens (tertiary/aromatic N) is 1. The Morgan fingerprint density at radius 1 is 1.18 bits per heavy atom. The van der Waals surface area contributed by atoms with E-state index >= 15 is 0 Å². The third kappa shape index (κ3) is 4.53. The standard InChI is InChI=1S/C16H17N3O2S/c1-12(13-5-3-2-4-6-13)11-17-16(22)18-14-7-9-15(10-8-14)19(20)21/h2-10,12H,11H2,1H3,(H2,17,18,22)/t12-/m0/s1. The molecule has 2 rings (SSSR count). The van der Waals surface area contributed by atoms with Crippen molar-refractivity contribution >= 4 is 28.7 Å². The fourth-order valence-corrected chi connectivity index (χ4v) is 2.19. The zero-order valence-corrected chi connectivity index (χ0v) is 13.0. The lowest BCUT2D eigenvalue weighted by molar-refractivity contribution is -0.384. The van der Waals surface area contributed by atoms with Gasteiger partial charge >= 0.3 is 0 Å². The number of hydrogen-bond donors (Lipinski definition) is 2. The minimum Gasteiger partial charge on any atom is -0.362 e. The first-order valence-corrected chi connectivity index (χ1v) is 7.31. The van der Waals surface area contributed by atoms with Crippen molar-refractivity contribution in [1.82, 2.24) is 5.32 Å². The van der Waals surface area contributed by atoms with E-state index in [4.69, 9.17) is 12.2 Å². The quantitative estimate of drug-likeness (QED) is 0.500. The summed E-state index contributed by atoms with van der Waals surface area (Å²) in [5.74, 6) is 0.331. The zero-order valence-electron chi connectivity index (χ0n) is 12.2. The van der Waals surface area contributed by atoms with Gasteiger partial charge in [0.2, 0.25) is 0 Å². The molecule has 0 saturated heterocycles. The van der Waals surface area contributed by atoms with Crippen molar-refractivity contribution in [3.8, 4) is 0 Å². The minimum absolute atomic E-state index is 0.0575. The molecule has 0 radical (unpaired) electrons. The number of hydrogen-bond acceptors (Lipinski definition) is 3. The smallest absolute Gasteiger partial charge is 0.269 e. The highest BCUT2D eigenvalue weighted by molar-refractivity contribution is 7.80. The number of nitro groups is 1. The van der Waals surface area contributed by atoms with Gasteiger partial charge in [-0.25, -0.2) is 0 Å². The molecule has 5 nitrogen and oxygen atoms in total. The van der Waals surface area contributed by atoms with E-state index in [2.05, 4.69) is 29.7 Å². The molecule has 22 heavy (non-hydrogen) atoms. The maximum absolute atomic E-state index is 10.6. The van der Waals surface area contributed by atoms with E-state index in [0.717, 1.165) is 5.69 Å². The second-order valence-corrected chi connectivity index (χ2v) is 5.36. The predicted octanol–water partition coefficient (Wildman–Crippen LogP) is 3.68. The van der Waals surface area contributed by atoms with Crippen molar-refractivity contribution in [2.75, 3.05) is 11.9 Å². The van der Waals surface area contributed by atoms with Crippen LogP contribution in [0.25, 0.3) is 0 Å². The fourth-order valence-electron chi connectivity index (χ4n) is 1.99. The molecule has 2 aromatic carbocycles. The average molecular weight is 315 g/mol. The van der Waals surface area contributed by atoms with E-state index in [9.17, 15) is 10.1 Å². The highest BCUT2D eigenvalue weighted by Crippen LogP contribution is 2.16. The van der Waals surface area contributed by atoms with Gasteiger partial charge in [-0.15, -0.1) is 0 Å². The summed E-state index contributed by atoms with van der Waals surface area (Å²) in [5, 5.41) is 17.3. The van der Waals surface area contributed by atoms with Crippen molar-refractivity contribution in [3.63, 3.8) is 0 Å². The van der Waals surface area contributed by atoms with Crippen LogP contribution >= 0.6 is 12.2 Å². The molecule has 0 aliphatic rings. The van der Waals surface area contributed by atoms with Crippen LogP contribution in [-0.4, -0.2) is 16.6 Å². The first kappa shape index (κ1) is 15.9. The van der Waals surface area contributed by atoms with Crippen LogP contribution < -0.4 is 10.6 Å². The monoisotopic (exact) mass is 315 g/mol. The van der Waals surface area contributed by atoms with Gasteiger partial charge in [-0.3, -0.25) is 10.1 Å². The third-order valence-electron chi connectivity index (χ3n) is 3.27. The normalized spacial score (nSPS) is 11.5. The lowest BCUT2D eigenvalue weighted by Crippen LogP contribution is -2.31. The van der Waals surface area contributed by atoms with E-state index in [1.54, 1.807) is 12.1 Å². The van der Waals surface area contributed by atoms with E-state index < -0.39 is 4.92 Å². The van der Waals surface area contributed by atoms with Crippen LogP contribution in [0.1, 0.15) is 18.4 Å². The molecule has 0 unspecified atom stereocenters. The van der Waals surface area contributed by atoms with Crippen LogP contribution in [0.5, 0.6) is 0 Å². The molecule has 2 N–H and O–H groups in total. The SMILES string of the molecule is C[C@@H](CNC(=S)Nc1ccc([N+](=O)[O-])cc1)c1ccccc1. The van der Waals surface area contributed by atoms with Crippen molar-refractivity contribution in [2.45, 2.75) is 12.8 Å². The topological polar surface area (TPSA) is 67.2 Å². The van der Waals surface area contributed by atoms with Gasteiger partial charge in [0.15, 0.2) is 5.11 Å². The second kappa shape index (κ2) is 7.51. The van der Waals surface area contributed by atoms with Gasteiger partial charge in [0.25, 0.3) is 5.69 Å². The Morgan fingerprint density at radius 3 is 2.41 bits per heavy atom. The lowest BCUT2D eigenvalue weighted by atomic mass is 10.0. The predicted molar refractivity (Wildman–Crippen MR) is 92.2 cm³/mol. The molecule has 0 heterocycles. The summed E-state index contributed by atoms with van der Waals surface area (Å²) in [5.41, 5.74) is 2.02. The Morgan fingerprint density at radius 2 is 1.82 bits per heavy atom. The van der Waals surface area contributed by atoms with Gasteiger partial charge in [0.1, 0.15) is 0 Å². The Labute approximate surface area is 134 Å². The van der Waals surface area contributed by atoms with Crippen molar-refractivity contribution in [3.05, 3.63) is 70.3 Å². The molecule has 0 bridgehead atoms. The molecule has 6 heteroatoms. The van der Waals surface area contributed by atoms with Crippen LogP contribution in [0.15, 0.2) is 54.6 Å². The van der Waals surface area contributed by atoms with Gasteiger partial charge in [0, 0.05) is 24.4 Å². The first-order chi connectivity index (χ1) is 10.6. The summed E-state index contributed by atoms with van der Waals surface area (Å²) >= 11 is 5.23. The van der Waals surface area contributed by atoms with E-state index in [1.165, 1.54) is 17.7 Å². The number of non-ortho nitro benzene ring substituents is 1. The first-order valence-electron chi connectivity index (χ1n) is 6.90. The van der Waals surface area contributed by atoms with Gasteiger partial charge in [0.05, 0.1) is 4.92 Å². The Balaban J connectivity index is 1.84. The molecule has 0 aromatic heterocycles. The van der Waals surface area contributed by atoms with E-state index in [-0.39, 0.29) is 5.69 Å². The summed E-state index contributed by atoms with van der Waals surface area (Å²) in [7, 11) is 0. The summed E-state index contributed by atoms with van der Waals surface area (Å²) < 4.78 is 0. The Hall–Kier alpha value is -2.47. The highest BCUT2D eigenvalue weighted by atomic mass is 32.1. The molecule has 0 aliphatic heterocycles. The van der Waals surface area contributed by atoms with Crippen LogP contribution in [0.3, 0.4) is 0 Å². The zero-order chi connectivity index (χ0) is 15.9. The molecule has 0 saturated carbocycles. The molecular weight excluding hydrogens is 298 g/mol. The van der Waals surface area contributed by atoms with E-state index in [0.29, 0.717) is 17.6 Å². The maximum Gasteiger partial charge on any atom is 0.269 e. The molecule has 114 valence electrons. The van der Waals surface area contributed by atoms with Gasteiger partial charge in [-0.2, -0.15) is 0 Å². The number of nitro benzene ring substituents is 1. The number of rotatable bonds is 5. The summed E-state index contributed by atoms with van der Waals surface area (Å²) in [6.45, 7) is 2.83. The van der Waals surface area contributed by atoms with Crippen molar-refractivity contribution in [1.29, 1.82) is 0 Å². The molecule has 0 spiro atoms. The van der Waals surface area contributed by atoms with E-state index in [1.807, 2.05) is 18.2 Å². The second-order valence-electron chi connectivity index (χ2n) is 4.95.